The number of nitrogens with zero attached hydrogens (tertiary/aromatic N) is 2. The summed E-state index contributed by atoms with van der Waals surface area (Å²) in [6.07, 6.45) is 5.71. The predicted molar refractivity (Wildman–Crippen MR) is 66.0 cm³/mol. The number of pyridine rings is 1. The number of aromatic nitrogens is 3. The van der Waals surface area contributed by atoms with E-state index in [9.17, 15) is 0 Å². The summed E-state index contributed by atoms with van der Waals surface area (Å²) in [5.74, 6) is 0. The number of H-pyrrole nitrogens is 1. The minimum atomic E-state index is 0.764. The molecule has 0 fully saturated rings. The number of unbranched alkanes of at least 4 members (excludes halogenated alkanes) is 1. The van der Waals surface area contributed by atoms with Crippen molar-refractivity contribution in [3.8, 4) is 0 Å². The Morgan fingerprint density at radius 3 is 3.19 bits per heavy atom. The number of imidazole rings is 1. The normalized spacial score (nSPS) is 11.1. The molecule has 2 rings (SSSR count). The van der Waals surface area contributed by atoms with Crippen LogP contribution in [0.3, 0.4) is 0 Å². The summed E-state index contributed by atoms with van der Waals surface area (Å²) in [7, 11) is 1.73. The van der Waals surface area contributed by atoms with Crippen molar-refractivity contribution < 1.29 is 4.74 Å². The number of hydrogen-bond acceptors (Lipinski definition) is 3. The molecule has 0 aliphatic heterocycles. The molecule has 0 amide bonds. The Morgan fingerprint density at radius 2 is 2.38 bits per heavy atom. The second-order valence-electron chi connectivity index (χ2n) is 3.67. The molecular formula is C11H15N3OS. The topological polar surface area (TPSA) is 42.8 Å². The van der Waals surface area contributed by atoms with E-state index in [0.29, 0.717) is 0 Å². The van der Waals surface area contributed by atoms with Crippen molar-refractivity contribution in [2.75, 3.05) is 13.7 Å². The molecule has 16 heavy (non-hydrogen) atoms. The van der Waals surface area contributed by atoms with Gasteiger partial charge in [-0.05, 0) is 31.1 Å². The Morgan fingerprint density at radius 1 is 1.50 bits per heavy atom. The molecule has 4 nitrogen and oxygen atoms in total. The zero-order valence-corrected chi connectivity index (χ0v) is 10.1. The average molecular weight is 237 g/mol. The van der Waals surface area contributed by atoms with E-state index in [2.05, 4.69) is 14.5 Å². The van der Waals surface area contributed by atoms with E-state index in [-0.39, 0.29) is 0 Å². The second-order valence-corrected chi connectivity index (χ2v) is 4.06. The monoisotopic (exact) mass is 237 g/mol. The van der Waals surface area contributed by atoms with E-state index in [4.69, 9.17) is 17.0 Å². The first-order valence-electron chi connectivity index (χ1n) is 5.34. The van der Waals surface area contributed by atoms with Crippen LogP contribution in [0.15, 0.2) is 18.5 Å². The Labute approximate surface area is 99.3 Å². The van der Waals surface area contributed by atoms with Gasteiger partial charge >= 0.3 is 0 Å². The third kappa shape index (κ3) is 2.31. The molecule has 0 spiro atoms. The molecule has 0 unspecified atom stereocenters. The van der Waals surface area contributed by atoms with Crippen LogP contribution in [0.1, 0.15) is 12.8 Å². The number of aryl methyl sites for hydroxylation is 1. The van der Waals surface area contributed by atoms with Crippen molar-refractivity contribution in [3.05, 3.63) is 23.2 Å². The number of nitrogens with one attached hydrogen (secondary N) is 1. The molecule has 0 atom stereocenters. The SMILES string of the molecule is COCCCCn1c(=S)[nH]c2cnccc21. The van der Waals surface area contributed by atoms with Crippen molar-refractivity contribution in [1.29, 1.82) is 0 Å². The largest absolute Gasteiger partial charge is 0.385 e. The first kappa shape index (κ1) is 11.3. The number of hydrogen-bond donors (Lipinski definition) is 1. The van der Waals surface area contributed by atoms with Gasteiger partial charge in [0.15, 0.2) is 4.77 Å². The molecule has 0 aliphatic carbocycles. The van der Waals surface area contributed by atoms with E-state index in [1.54, 1.807) is 19.5 Å². The summed E-state index contributed by atoms with van der Waals surface area (Å²) < 4.78 is 7.90. The summed E-state index contributed by atoms with van der Waals surface area (Å²) in [5.41, 5.74) is 2.12. The fourth-order valence-corrected chi connectivity index (χ4v) is 2.05. The number of ether oxygens (including phenoxy) is 1. The summed E-state index contributed by atoms with van der Waals surface area (Å²) in [5, 5.41) is 0. The van der Waals surface area contributed by atoms with Crippen LogP contribution in [0, 0.1) is 4.77 Å². The van der Waals surface area contributed by atoms with Gasteiger partial charge < -0.3 is 14.3 Å². The van der Waals surface area contributed by atoms with Crippen LogP contribution < -0.4 is 0 Å². The van der Waals surface area contributed by atoms with Gasteiger partial charge in [0.1, 0.15) is 0 Å². The van der Waals surface area contributed by atoms with E-state index >= 15 is 0 Å². The maximum atomic E-state index is 5.28. The molecule has 0 aliphatic rings. The smallest absolute Gasteiger partial charge is 0.178 e. The van der Waals surface area contributed by atoms with Gasteiger partial charge in [0.25, 0.3) is 0 Å². The van der Waals surface area contributed by atoms with Crippen molar-refractivity contribution >= 4 is 23.3 Å². The quantitative estimate of drug-likeness (QED) is 0.642. The molecule has 2 heterocycles. The molecule has 5 heteroatoms. The van der Waals surface area contributed by atoms with Gasteiger partial charge in [-0.2, -0.15) is 0 Å². The van der Waals surface area contributed by atoms with Gasteiger partial charge in [0.2, 0.25) is 0 Å². The molecule has 2 aromatic rings. The lowest BCUT2D eigenvalue weighted by Gasteiger charge is -2.03. The highest BCUT2D eigenvalue weighted by atomic mass is 32.1. The van der Waals surface area contributed by atoms with Gasteiger partial charge in [-0.25, -0.2) is 0 Å². The number of aromatic amines is 1. The molecule has 2 aromatic heterocycles. The van der Waals surface area contributed by atoms with Gasteiger partial charge in [0, 0.05) is 26.5 Å². The third-order valence-corrected chi connectivity index (χ3v) is 2.88. The van der Waals surface area contributed by atoms with Gasteiger partial charge in [-0.3, -0.25) is 4.98 Å². The number of fused-ring (bicyclic) bond motifs is 1. The molecule has 0 radical (unpaired) electrons. The first-order valence-corrected chi connectivity index (χ1v) is 5.75. The summed E-state index contributed by atoms with van der Waals surface area (Å²) in [4.78, 5) is 7.22. The lowest BCUT2D eigenvalue weighted by molar-refractivity contribution is 0.191. The third-order valence-electron chi connectivity index (χ3n) is 2.56. The number of methoxy groups -OCH3 is 1. The Hall–Kier alpha value is -1.20. The molecule has 1 N–H and O–H groups in total. The lowest BCUT2D eigenvalue weighted by Crippen LogP contribution is -1.99. The molecule has 0 bridgehead atoms. The van der Waals surface area contributed by atoms with Crippen LogP contribution in [0.25, 0.3) is 11.0 Å². The minimum Gasteiger partial charge on any atom is -0.385 e. The van der Waals surface area contributed by atoms with E-state index in [1.807, 2.05) is 6.07 Å². The zero-order chi connectivity index (χ0) is 11.4. The number of rotatable bonds is 5. The van der Waals surface area contributed by atoms with E-state index in [1.165, 1.54) is 0 Å². The maximum Gasteiger partial charge on any atom is 0.178 e. The van der Waals surface area contributed by atoms with Crippen LogP contribution in [0.5, 0.6) is 0 Å². The fourth-order valence-electron chi connectivity index (χ4n) is 1.75. The van der Waals surface area contributed by atoms with Crippen molar-refractivity contribution in [2.45, 2.75) is 19.4 Å². The molecule has 86 valence electrons. The molecule has 0 aromatic carbocycles. The molecule has 0 saturated heterocycles. The van der Waals surface area contributed by atoms with E-state index in [0.717, 1.165) is 41.8 Å². The fraction of sp³-hybridized carbons (Fsp3) is 0.455. The van der Waals surface area contributed by atoms with Gasteiger partial charge in [0.05, 0.1) is 17.2 Å². The first-order chi connectivity index (χ1) is 7.83. The average Bonchev–Trinajstić information content (AvgIpc) is 2.61. The summed E-state index contributed by atoms with van der Waals surface area (Å²) >= 11 is 5.28. The summed E-state index contributed by atoms with van der Waals surface area (Å²) in [6, 6.07) is 1.98. The van der Waals surface area contributed by atoms with Crippen molar-refractivity contribution in [1.82, 2.24) is 14.5 Å². The van der Waals surface area contributed by atoms with Gasteiger partial charge in [-0.15, -0.1) is 0 Å². The zero-order valence-electron chi connectivity index (χ0n) is 9.27. The Bertz CT molecular complexity index is 517. The Balaban J connectivity index is 2.16. The Kier molecular flexibility index (Phi) is 3.69. The van der Waals surface area contributed by atoms with Crippen LogP contribution in [0.4, 0.5) is 0 Å². The van der Waals surface area contributed by atoms with Crippen LogP contribution in [-0.2, 0) is 11.3 Å². The molecular weight excluding hydrogens is 222 g/mol. The van der Waals surface area contributed by atoms with Crippen LogP contribution >= 0.6 is 12.2 Å². The standard InChI is InChI=1S/C11H15N3OS/c1-15-7-3-2-6-14-10-4-5-12-8-9(10)13-11(14)16/h4-5,8H,2-3,6-7H2,1H3,(H,13,16). The highest BCUT2D eigenvalue weighted by Gasteiger charge is 2.02. The lowest BCUT2D eigenvalue weighted by atomic mass is 10.3. The van der Waals surface area contributed by atoms with Gasteiger partial charge in [-0.1, -0.05) is 0 Å². The van der Waals surface area contributed by atoms with Crippen LogP contribution in [0.2, 0.25) is 0 Å². The van der Waals surface area contributed by atoms with Crippen molar-refractivity contribution in [3.63, 3.8) is 0 Å². The van der Waals surface area contributed by atoms with Crippen LogP contribution in [-0.4, -0.2) is 28.3 Å². The minimum absolute atomic E-state index is 0.764. The maximum absolute atomic E-state index is 5.28. The highest BCUT2D eigenvalue weighted by Crippen LogP contribution is 2.12. The van der Waals surface area contributed by atoms with Crippen molar-refractivity contribution in [2.24, 2.45) is 0 Å². The molecule has 0 saturated carbocycles. The van der Waals surface area contributed by atoms with E-state index < -0.39 is 0 Å². The summed E-state index contributed by atoms with van der Waals surface area (Å²) in [6.45, 7) is 1.73. The second kappa shape index (κ2) is 5.23. The highest BCUT2D eigenvalue weighted by molar-refractivity contribution is 7.71. The predicted octanol–water partition coefficient (Wildman–Crippen LogP) is 2.52.